The van der Waals surface area contributed by atoms with Crippen LogP contribution in [0.5, 0.6) is 0 Å². The van der Waals surface area contributed by atoms with Crippen molar-refractivity contribution in [2.75, 3.05) is 0 Å². The van der Waals surface area contributed by atoms with Crippen molar-refractivity contribution in [2.45, 2.75) is 33.9 Å². The summed E-state index contributed by atoms with van der Waals surface area (Å²) in [5, 5.41) is 0. The van der Waals surface area contributed by atoms with Crippen molar-refractivity contribution in [1.29, 1.82) is 0 Å². The van der Waals surface area contributed by atoms with Crippen molar-refractivity contribution < 1.29 is 16.6 Å². The Balaban J connectivity index is 1.70. The monoisotopic (exact) mass is 386 g/mol. The quantitative estimate of drug-likeness (QED) is 0.343. The number of hydrogen-bond acceptors (Lipinski definition) is 0. The fourth-order valence-corrected chi connectivity index (χ4v) is 13.5. The van der Waals surface area contributed by atoms with Crippen LogP contribution in [0.15, 0.2) is 72.8 Å². The first-order chi connectivity index (χ1) is 13.3. The van der Waals surface area contributed by atoms with Crippen LogP contribution in [0.1, 0.15) is 40.3 Å². The first-order valence-corrected chi connectivity index (χ1v) is 14.2. The molecule has 0 aliphatic heterocycles. The Morgan fingerprint density at radius 1 is 0.815 bits per heavy atom. The molecule has 0 heterocycles. The van der Waals surface area contributed by atoms with Gasteiger partial charge in [0.2, 0.25) is 0 Å². The molecule has 1 atom stereocenters. The van der Waals surface area contributed by atoms with E-state index in [4.69, 9.17) is 0 Å². The topological polar surface area (TPSA) is 0 Å². The van der Waals surface area contributed by atoms with Crippen LogP contribution >= 0.6 is 0 Å². The van der Waals surface area contributed by atoms with Crippen LogP contribution in [0.4, 0.5) is 0 Å². The third-order valence-corrected chi connectivity index (χ3v) is 16.0. The van der Waals surface area contributed by atoms with E-state index in [1.165, 1.54) is 31.7 Å². The molecule has 27 heavy (non-hydrogen) atoms. The number of allylic oxidation sites excluding steroid dienone is 1. The van der Waals surface area contributed by atoms with Gasteiger partial charge in [-0.25, -0.2) is 0 Å². The molecule has 0 saturated heterocycles. The number of rotatable bonds is 4. The molecule has 0 saturated carbocycles. The molecule has 0 amide bonds. The van der Waals surface area contributed by atoms with Crippen LogP contribution in [-0.4, -0.2) is 0 Å². The molecule has 3 aromatic rings. The fraction of sp³-hybridized carbons (Fsp3) is 0.231. The summed E-state index contributed by atoms with van der Waals surface area (Å²) in [6.07, 6.45) is 6.04. The summed E-state index contributed by atoms with van der Waals surface area (Å²) >= 11 is -2.38. The second kappa shape index (κ2) is 6.62. The normalized spacial score (nSPS) is 16.9. The molecule has 3 aromatic carbocycles. The fourth-order valence-electron chi connectivity index (χ4n) is 5.59. The van der Waals surface area contributed by atoms with Gasteiger partial charge in [0, 0.05) is 0 Å². The number of benzene rings is 3. The Bertz CT molecular complexity index is 1040. The van der Waals surface area contributed by atoms with Gasteiger partial charge in [0.15, 0.2) is 0 Å². The van der Waals surface area contributed by atoms with Crippen molar-refractivity contribution in [3.8, 4) is 11.1 Å². The van der Waals surface area contributed by atoms with E-state index < -0.39 is 16.6 Å². The molecule has 134 valence electrons. The van der Waals surface area contributed by atoms with Crippen LogP contribution in [0.2, 0.25) is 9.45 Å². The predicted octanol–water partition coefficient (Wildman–Crippen LogP) is 6.68. The first kappa shape index (κ1) is 17.2. The molecule has 0 aromatic heterocycles. The first-order valence-electron chi connectivity index (χ1n) is 10.3. The van der Waals surface area contributed by atoms with E-state index in [1.54, 1.807) is 15.0 Å². The molecular formula is C26H26Ti. The van der Waals surface area contributed by atoms with Gasteiger partial charge in [-0.3, -0.25) is 0 Å². The Labute approximate surface area is 166 Å². The van der Waals surface area contributed by atoms with E-state index in [0.29, 0.717) is 4.22 Å². The molecule has 0 fully saturated rings. The number of fused-ring (bicyclic) bond motifs is 4. The van der Waals surface area contributed by atoms with E-state index in [-0.39, 0.29) is 0 Å². The molecule has 0 nitrogen and oxygen atoms in total. The van der Waals surface area contributed by atoms with Crippen molar-refractivity contribution >= 4 is 9.94 Å². The van der Waals surface area contributed by atoms with Gasteiger partial charge >= 0.3 is 167 Å². The van der Waals surface area contributed by atoms with Gasteiger partial charge in [0.05, 0.1) is 0 Å². The summed E-state index contributed by atoms with van der Waals surface area (Å²) in [6.45, 7) is 4.92. The van der Waals surface area contributed by atoms with Crippen molar-refractivity contribution in [2.24, 2.45) is 0 Å². The third kappa shape index (κ3) is 2.47. The van der Waals surface area contributed by atoms with Crippen LogP contribution in [0.25, 0.3) is 17.2 Å². The van der Waals surface area contributed by atoms with Gasteiger partial charge < -0.3 is 0 Å². The number of hydrogen-bond donors (Lipinski definition) is 0. The van der Waals surface area contributed by atoms with Gasteiger partial charge in [-0.05, 0) is 0 Å². The maximum atomic E-state index is 2.54. The van der Waals surface area contributed by atoms with Crippen LogP contribution in [0, 0.1) is 0 Å². The summed E-state index contributed by atoms with van der Waals surface area (Å²) in [5.74, 6) is 0. The molecule has 2 aliphatic carbocycles. The van der Waals surface area contributed by atoms with E-state index >= 15 is 0 Å². The average molecular weight is 386 g/mol. The van der Waals surface area contributed by atoms with Crippen LogP contribution in [0.3, 0.4) is 0 Å². The minimum atomic E-state index is -2.38. The zero-order valence-corrected chi connectivity index (χ0v) is 17.8. The van der Waals surface area contributed by atoms with Gasteiger partial charge in [-0.2, -0.15) is 0 Å². The molecular weight excluding hydrogens is 360 g/mol. The molecule has 0 bridgehead atoms. The third-order valence-electron chi connectivity index (χ3n) is 7.04. The molecule has 0 radical (unpaired) electrons. The van der Waals surface area contributed by atoms with E-state index in [2.05, 4.69) is 92.7 Å². The Morgan fingerprint density at radius 3 is 2.41 bits per heavy atom. The Morgan fingerprint density at radius 2 is 1.56 bits per heavy atom. The zero-order chi connectivity index (χ0) is 18.4. The summed E-state index contributed by atoms with van der Waals surface area (Å²) in [5.41, 5.74) is 9.12. The van der Waals surface area contributed by atoms with E-state index in [0.717, 1.165) is 6.42 Å². The van der Waals surface area contributed by atoms with Crippen molar-refractivity contribution in [1.82, 2.24) is 0 Å². The van der Waals surface area contributed by atoms with E-state index in [1.807, 2.05) is 0 Å². The summed E-state index contributed by atoms with van der Waals surface area (Å²) < 4.78 is 5.07. The Hall–Kier alpha value is -1.89. The van der Waals surface area contributed by atoms with Gasteiger partial charge in [0.1, 0.15) is 0 Å². The maximum absolute atomic E-state index is 2.54. The van der Waals surface area contributed by atoms with Crippen LogP contribution in [-0.2, 0) is 23.0 Å². The molecule has 0 spiro atoms. The summed E-state index contributed by atoms with van der Waals surface area (Å²) in [4.78, 5) is 0. The second-order valence-corrected chi connectivity index (χ2v) is 15.6. The van der Waals surface area contributed by atoms with Crippen LogP contribution < -0.4 is 3.87 Å². The molecule has 1 unspecified atom stereocenters. The van der Waals surface area contributed by atoms with Gasteiger partial charge in [-0.15, -0.1) is 0 Å². The van der Waals surface area contributed by atoms with E-state index in [9.17, 15) is 0 Å². The van der Waals surface area contributed by atoms with Gasteiger partial charge in [0.25, 0.3) is 0 Å². The molecule has 0 N–H and O–H groups in total. The molecule has 5 rings (SSSR count). The summed E-state index contributed by atoms with van der Waals surface area (Å²) in [6, 6.07) is 25.2. The average Bonchev–Trinajstić information content (AvgIpc) is 3.32. The predicted molar refractivity (Wildman–Crippen MR) is 113 cm³/mol. The minimum absolute atomic E-state index is 0.645. The zero-order valence-electron chi connectivity index (χ0n) is 16.2. The Kier molecular flexibility index (Phi) is 4.22. The second-order valence-electron chi connectivity index (χ2n) is 7.99. The standard InChI is InChI=1S/C13H9.C9H7.2C2H5.Ti/c1-3-7-12-10(5-1)9-11-6-2-4-8-13(11)12;1-2-5-9-7-3-6-8(9)4-1;2*1-2;/h1-5,7-8H,9H2;1-7H;2*1H2,2H3;. The van der Waals surface area contributed by atoms with Gasteiger partial charge in [-0.1, -0.05) is 0 Å². The van der Waals surface area contributed by atoms with Crippen molar-refractivity contribution in [3.05, 3.63) is 95.1 Å². The molecule has 1 heteroatoms. The van der Waals surface area contributed by atoms with Crippen molar-refractivity contribution in [3.63, 3.8) is 0 Å². The molecule has 2 aliphatic rings. The summed E-state index contributed by atoms with van der Waals surface area (Å²) in [7, 11) is 0. The SMILES string of the molecule is C[CH2][Ti]([CH2]C)([c]1cccc2c1Cc1ccccc1-2)[CH]1C=Cc2ccccc21.